The summed E-state index contributed by atoms with van der Waals surface area (Å²) in [5, 5.41) is 22.3. The van der Waals surface area contributed by atoms with Crippen LogP contribution >= 0.6 is 0 Å². The lowest BCUT2D eigenvalue weighted by molar-refractivity contribution is -0.384. The number of non-ortho nitro benzene ring substituents is 1. The maximum atomic E-state index is 13.1. The Bertz CT molecular complexity index is 1270. The Labute approximate surface area is 202 Å². The van der Waals surface area contributed by atoms with Gasteiger partial charge in [0.1, 0.15) is 11.5 Å². The van der Waals surface area contributed by atoms with E-state index in [0.29, 0.717) is 29.9 Å². The van der Waals surface area contributed by atoms with Crippen LogP contribution in [0, 0.1) is 10.1 Å². The Kier molecular flexibility index (Phi) is 6.91. The van der Waals surface area contributed by atoms with Crippen molar-refractivity contribution in [3.05, 3.63) is 111 Å². The molecule has 1 unspecified atom stereocenters. The van der Waals surface area contributed by atoms with Gasteiger partial charge in [-0.05, 0) is 60.9 Å². The molecule has 3 aromatic rings. The molecule has 1 saturated heterocycles. The van der Waals surface area contributed by atoms with Gasteiger partial charge in [0.25, 0.3) is 17.4 Å². The summed E-state index contributed by atoms with van der Waals surface area (Å²) >= 11 is 0. The summed E-state index contributed by atoms with van der Waals surface area (Å²) in [6.45, 7) is 2.57. The first-order chi connectivity index (χ1) is 16.9. The second kappa shape index (κ2) is 10.2. The standard InChI is InChI=1S/C27H24N2O6/c1-2-35-22-14-10-20(11-15-22)25(30)23-24(19-8-12-21(13-9-19)29(33)34)28(27(32)26(23)31)17-16-18-6-4-3-5-7-18/h3-15,24,30H,2,16-17H2,1H3. The van der Waals surface area contributed by atoms with Crippen molar-refractivity contribution >= 4 is 23.1 Å². The summed E-state index contributed by atoms with van der Waals surface area (Å²) in [5.74, 6) is -1.22. The molecule has 1 aliphatic rings. The van der Waals surface area contributed by atoms with Gasteiger partial charge in [-0.1, -0.05) is 30.3 Å². The van der Waals surface area contributed by atoms with Crippen molar-refractivity contribution < 1.29 is 24.4 Å². The molecule has 1 amide bonds. The van der Waals surface area contributed by atoms with Crippen LogP contribution in [0.15, 0.2) is 84.4 Å². The highest BCUT2D eigenvalue weighted by Crippen LogP contribution is 2.40. The number of likely N-dealkylation sites (tertiary alicyclic amines) is 1. The summed E-state index contributed by atoms with van der Waals surface area (Å²) < 4.78 is 5.43. The molecule has 3 aromatic carbocycles. The number of amides is 1. The van der Waals surface area contributed by atoms with E-state index in [-0.39, 0.29) is 23.6 Å². The Morgan fingerprint density at radius 3 is 2.26 bits per heavy atom. The smallest absolute Gasteiger partial charge is 0.295 e. The second-order valence-corrected chi connectivity index (χ2v) is 8.03. The summed E-state index contributed by atoms with van der Waals surface area (Å²) in [7, 11) is 0. The van der Waals surface area contributed by atoms with Crippen LogP contribution in [-0.4, -0.2) is 39.8 Å². The molecular weight excluding hydrogens is 448 g/mol. The number of Topliss-reactive ketones (excluding diaryl/α,β-unsaturated/α-hetero) is 1. The van der Waals surface area contributed by atoms with Crippen molar-refractivity contribution in [2.75, 3.05) is 13.2 Å². The van der Waals surface area contributed by atoms with E-state index in [1.54, 1.807) is 24.3 Å². The number of hydrogen-bond donors (Lipinski definition) is 1. The minimum absolute atomic E-state index is 0.0546. The second-order valence-electron chi connectivity index (χ2n) is 8.03. The maximum absolute atomic E-state index is 13.1. The average Bonchev–Trinajstić information content (AvgIpc) is 3.13. The largest absolute Gasteiger partial charge is 0.507 e. The van der Waals surface area contributed by atoms with E-state index in [1.807, 2.05) is 37.3 Å². The number of carbonyl (C=O) groups is 2. The van der Waals surface area contributed by atoms with Crippen molar-refractivity contribution in [2.45, 2.75) is 19.4 Å². The van der Waals surface area contributed by atoms with Crippen LogP contribution in [0.1, 0.15) is 29.7 Å². The van der Waals surface area contributed by atoms with Gasteiger partial charge < -0.3 is 14.7 Å². The van der Waals surface area contributed by atoms with Crippen LogP contribution in [-0.2, 0) is 16.0 Å². The predicted molar refractivity (Wildman–Crippen MR) is 130 cm³/mol. The Morgan fingerprint density at radius 1 is 1.00 bits per heavy atom. The number of hydrogen-bond acceptors (Lipinski definition) is 6. The molecule has 0 spiro atoms. The van der Waals surface area contributed by atoms with Crippen LogP contribution in [0.4, 0.5) is 5.69 Å². The van der Waals surface area contributed by atoms with Gasteiger partial charge in [-0.25, -0.2) is 0 Å². The lowest BCUT2D eigenvalue weighted by atomic mass is 9.95. The Hall–Kier alpha value is -4.46. The minimum Gasteiger partial charge on any atom is -0.507 e. The van der Waals surface area contributed by atoms with Gasteiger partial charge in [-0.2, -0.15) is 0 Å². The first kappa shape index (κ1) is 23.7. The van der Waals surface area contributed by atoms with Crippen LogP contribution < -0.4 is 4.74 Å². The molecule has 1 N–H and O–H groups in total. The van der Waals surface area contributed by atoms with Crippen LogP contribution in [0.3, 0.4) is 0 Å². The van der Waals surface area contributed by atoms with E-state index in [4.69, 9.17) is 4.74 Å². The number of nitrogens with zero attached hydrogens (tertiary/aromatic N) is 2. The quantitative estimate of drug-likeness (QED) is 0.168. The van der Waals surface area contributed by atoms with Crippen LogP contribution in [0.2, 0.25) is 0 Å². The van der Waals surface area contributed by atoms with E-state index in [1.165, 1.54) is 29.2 Å². The van der Waals surface area contributed by atoms with Gasteiger partial charge in [0.2, 0.25) is 0 Å². The minimum atomic E-state index is -0.883. The van der Waals surface area contributed by atoms with Crippen molar-refractivity contribution in [2.24, 2.45) is 0 Å². The van der Waals surface area contributed by atoms with Gasteiger partial charge in [-0.15, -0.1) is 0 Å². The summed E-state index contributed by atoms with van der Waals surface area (Å²) in [4.78, 5) is 38.2. The first-order valence-corrected chi connectivity index (χ1v) is 11.2. The Morgan fingerprint density at radius 2 is 1.66 bits per heavy atom. The predicted octanol–water partition coefficient (Wildman–Crippen LogP) is 4.66. The number of benzene rings is 3. The number of rotatable bonds is 8. The number of aliphatic hydroxyl groups excluding tert-OH is 1. The van der Waals surface area contributed by atoms with Gasteiger partial charge in [-0.3, -0.25) is 19.7 Å². The molecule has 0 bridgehead atoms. The van der Waals surface area contributed by atoms with Crippen LogP contribution in [0.25, 0.3) is 5.76 Å². The molecule has 1 atom stereocenters. The zero-order valence-electron chi connectivity index (χ0n) is 19.1. The molecule has 1 heterocycles. The Balaban J connectivity index is 1.76. The molecule has 0 saturated carbocycles. The fraction of sp³-hybridized carbons (Fsp3) is 0.185. The number of ketones is 1. The molecule has 178 valence electrons. The molecule has 0 aliphatic carbocycles. The van der Waals surface area contributed by atoms with Crippen molar-refractivity contribution in [3.8, 4) is 5.75 Å². The highest BCUT2D eigenvalue weighted by atomic mass is 16.6. The first-order valence-electron chi connectivity index (χ1n) is 11.2. The SMILES string of the molecule is CCOc1ccc(C(O)=C2C(=O)C(=O)N(CCc3ccccc3)C2c2ccc([N+](=O)[O-])cc2)cc1. The van der Waals surface area contributed by atoms with Crippen molar-refractivity contribution in [3.63, 3.8) is 0 Å². The van der Waals surface area contributed by atoms with Crippen molar-refractivity contribution in [1.29, 1.82) is 0 Å². The third kappa shape index (κ3) is 4.91. The number of carbonyl (C=O) groups excluding carboxylic acids is 2. The summed E-state index contributed by atoms with van der Waals surface area (Å²) in [6.07, 6.45) is 0.500. The van der Waals surface area contributed by atoms with Gasteiger partial charge >= 0.3 is 0 Å². The van der Waals surface area contributed by atoms with E-state index in [2.05, 4.69) is 0 Å². The molecule has 4 rings (SSSR count). The number of nitro benzene ring substituents is 1. The van der Waals surface area contributed by atoms with Gasteiger partial charge in [0.05, 0.1) is 23.1 Å². The monoisotopic (exact) mass is 472 g/mol. The van der Waals surface area contributed by atoms with E-state index in [9.17, 15) is 24.8 Å². The van der Waals surface area contributed by atoms with Crippen molar-refractivity contribution in [1.82, 2.24) is 4.90 Å². The summed E-state index contributed by atoms with van der Waals surface area (Å²) in [6, 6.07) is 20.9. The van der Waals surface area contributed by atoms with E-state index < -0.39 is 22.7 Å². The maximum Gasteiger partial charge on any atom is 0.295 e. The number of aliphatic hydroxyl groups is 1. The van der Waals surface area contributed by atoms with Gasteiger partial charge in [0, 0.05) is 24.2 Å². The summed E-state index contributed by atoms with van der Waals surface area (Å²) in [5.41, 5.74) is 1.68. The van der Waals surface area contributed by atoms with E-state index in [0.717, 1.165) is 5.56 Å². The van der Waals surface area contributed by atoms with Crippen LogP contribution in [0.5, 0.6) is 5.75 Å². The lowest BCUT2D eigenvalue weighted by Crippen LogP contribution is -2.31. The molecule has 8 heteroatoms. The molecule has 0 radical (unpaired) electrons. The molecule has 8 nitrogen and oxygen atoms in total. The third-order valence-corrected chi connectivity index (χ3v) is 5.88. The molecule has 1 fully saturated rings. The van der Waals surface area contributed by atoms with E-state index >= 15 is 0 Å². The molecular formula is C27H24N2O6. The molecule has 1 aliphatic heterocycles. The highest BCUT2D eigenvalue weighted by Gasteiger charge is 2.45. The highest BCUT2D eigenvalue weighted by molar-refractivity contribution is 6.46. The fourth-order valence-electron chi connectivity index (χ4n) is 4.16. The molecule has 0 aromatic heterocycles. The zero-order chi connectivity index (χ0) is 24.9. The average molecular weight is 472 g/mol. The number of nitro groups is 1. The third-order valence-electron chi connectivity index (χ3n) is 5.88. The number of ether oxygens (including phenoxy) is 1. The van der Waals surface area contributed by atoms with Gasteiger partial charge in [0.15, 0.2) is 0 Å². The zero-order valence-corrected chi connectivity index (χ0v) is 19.1. The fourth-order valence-corrected chi connectivity index (χ4v) is 4.16. The topological polar surface area (TPSA) is 110 Å². The normalized spacial score (nSPS) is 16.9. The molecule has 35 heavy (non-hydrogen) atoms. The lowest BCUT2D eigenvalue weighted by Gasteiger charge is -2.25.